The van der Waals surface area contributed by atoms with Gasteiger partial charge in [0, 0.05) is 38.9 Å². The maximum absolute atomic E-state index is 2.41. The van der Waals surface area contributed by atoms with Gasteiger partial charge in [-0.3, -0.25) is 0 Å². The molecular formula is C57H42N2. The molecule has 1 aliphatic carbocycles. The summed E-state index contributed by atoms with van der Waals surface area (Å²) < 4.78 is 2.39. The summed E-state index contributed by atoms with van der Waals surface area (Å²) in [4.78, 5) is 2.40. The summed E-state index contributed by atoms with van der Waals surface area (Å²) >= 11 is 0. The lowest BCUT2D eigenvalue weighted by Gasteiger charge is -2.28. The van der Waals surface area contributed by atoms with Gasteiger partial charge < -0.3 is 9.47 Å². The van der Waals surface area contributed by atoms with Gasteiger partial charge in [-0.05, 0) is 122 Å². The smallest absolute Gasteiger partial charge is 0.0547 e. The Kier molecular flexibility index (Phi) is 8.20. The number of aromatic nitrogens is 1. The minimum atomic E-state index is -0.0968. The summed E-state index contributed by atoms with van der Waals surface area (Å²) in [6, 6.07) is 79.7. The molecule has 0 atom stereocenters. The molecular weight excluding hydrogens is 713 g/mol. The van der Waals surface area contributed by atoms with Crippen molar-refractivity contribution in [1.29, 1.82) is 0 Å². The van der Waals surface area contributed by atoms with Crippen LogP contribution in [-0.2, 0) is 5.41 Å². The molecule has 10 aromatic rings. The van der Waals surface area contributed by atoms with Crippen molar-refractivity contribution in [3.05, 3.63) is 230 Å². The molecule has 2 nitrogen and oxygen atoms in total. The molecule has 9 aromatic carbocycles. The molecule has 11 rings (SSSR count). The molecule has 0 saturated heterocycles. The average molecular weight is 755 g/mol. The summed E-state index contributed by atoms with van der Waals surface area (Å²) in [5.41, 5.74) is 19.5. The van der Waals surface area contributed by atoms with Crippen LogP contribution in [0.3, 0.4) is 0 Å². The summed E-state index contributed by atoms with van der Waals surface area (Å²) in [5, 5.41) is 2.53. The van der Waals surface area contributed by atoms with E-state index in [0.29, 0.717) is 0 Å². The fourth-order valence-corrected chi connectivity index (χ4v) is 9.50. The van der Waals surface area contributed by atoms with Crippen molar-refractivity contribution in [2.24, 2.45) is 0 Å². The van der Waals surface area contributed by atoms with Gasteiger partial charge in [0.05, 0.1) is 11.0 Å². The van der Waals surface area contributed by atoms with Crippen LogP contribution in [-0.4, -0.2) is 4.57 Å². The van der Waals surface area contributed by atoms with Crippen LogP contribution >= 0.6 is 0 Å². The molecule has 1 aliphatic rings. The summed E-state index contributed by atoms with van der Waals surface area (Å²) in [7, 11) is 0. The second kappa shape index (κ2) is 13.9. The maximum Gasteiger partial charge on any atom is 0.0547 e. The van der Waals surface area contributed by atoms with E-state index in [0.717, 1.165) is 17.1 Å². The highest BCUT2D eigenvalue weighted by Crippen LogP contribution is 2.51. The number of benzene rings is 9. The van der Waals surface area contributed by atoms with Crippen LogP contribution in [0.2, 0.25) is 0 Å². The molecule has 0 fully saturated rings. The van der Waals surface area contributed by atoms with Crippen molar-refractivity contribution in [3.8, 4) is 50.2 Å². The van der Waals surface area contributed by atoms with Crippen molar-refractivity contribution in [3.63, 3.8) is 0 Å². The third kappa shape index (κ3) is 5.79. The van der Waals surface area contributed by atoms with Crippen LogP contribution in [0.25, 0.3) is 72.0 Å². The van der Waals surface area contributed by atoms with Crippen molar-refractivity contribution in [2.45, 2.75) is 19.3 Å². The molecule has 0 unspecified atom stereocenters. The molecule has 0 bridgehead atoms. The number of anilines is 3. The fourth-order valence-electron chi connectivity index (χ4n) is 9.50. The first-order chi connectivity index (χ1) is 29.0. The van der Waals surface area contributed by atoms with E-state index in [9.17, 15) is 0 Å². The summed E-state index contributed by atoms with van der Waals surface area (Å²) in [6.45, 7) is 4.70. The van der Waals surface area contributed by atoms with E-state index in [-0.39, 0.29) is 5.41 Å². The summed E-state index contributed by atoms with van der Waals surface area (Å²) in [6.07, 6.45) is 0. The zero-order chi connectivity index (χ0) is 39.5. The Balaban J connectivity index is 0.992. The Morgan fingerprint density at radius 2 is 0.881 bits per heavy atom. The molecule has 0 aliphatic heterocycles. The molecule has 59 heavy (non-hydrogen) atoms. The van der Waals surface area contributed by atoms with Crippen molar-refractivity contribution < 1.29 is 0 Å². The van der Waals surface area contributed by atoms with Gasteiger partial charge in [-0.2, -0.15) is 0 Å². The monoisotopic (exact) mass is 754 g/mol. The lowest BCUT2D eigenvalue weighted by Crippen LogP contribution is -2.16. The molecule has 0 saturated carbocycles. The lowest BCUT2D eigenvalue weighted by atomic mass is 9.82. The first kappa shape index (κ1) is 34.8. The third-order valence-corrected chi connectivity index (χ3v) is 12.4. The minimum absolute atomic E-state index is 0.0968. The number of hydrogen-bond donors (Lipinski definition) is 0. The maximum atomic E-state index is 2.41. The van der Waals surface area contributed by atoms with E-state index in [4.69, 9.17) is 0 Å². The van der Waals surface area contributed by atoms with Crippen LogP contribution in [0.5, 0.6) is 0 Å². The number of rotatable bonds is 7. The predicted octanol–water partition coefficient (Wildman–Crippen LogP) is 15.6. The molecule has 0 amide bonds. The zero-order valence-electron chi connectivity index (χ0n) is 33.2. The van der Waals surface area contributed by atoms with Gasteiger partial charge in [0.1, 0.15) is 0 Å². The Labute approximate surface area is 345 Å². The molecule has 0 N–H and O–H groups in total. The second-order valence-electron chi connectivity index (χ2n) is 16.2. The quantitative estimate of drug-likeness (QED) is 0.157. The van der Waals surface area contributed by atoms with Crippen LogP contribution in [0.4, 0.5) is 17.1 Å². The van der Waals surface area contributed by atoms with Gasteiger partial charge in [0.25, 0.3) is 0 Å². The molecule has 280 valence electrons. The van der Waals surface area contributed by atoms with Gasteiger partial charge >= 0.3 is 0 Å². The van der Waals surface area contributed by atoms with Crippen LogP contribution in [0.1, 0.15) is 25.0 Å². The minimum Gasteiger partial charge on any atom is -0.310 e. The van der Waals surface area contributed by atoms with E-state index in [2.05, 4.69) is 242 Å². The normalized spacial score (nSPS) is 12.7. The SMILES string of the molecule is CC1(C)c2ccccc2-c2ccc(N(c3ccc(-c4ccccc4)cc3)c3ccc(-c4cccc(-c5cccc6c5c5ccccc5n6-c5ccccc5)c4)cc3)cc21. The number of fused-ring (bicyclic) bond motifs is 6. The van der Waals surface area contributed by atoms with E-state index < -0.39 is 0 Å². The molecule has 1 heterocycles. The van der Waals surface area contributed by atoms with Crippen molar-refractivity contribution in [1.82, 2.24) is 4.57 Å². The van der Waals surface area contributed by atoms with Crippen molar-refractivity contribution in [2.75, 3.05) is 4.90 Å². The Bertz CT molecular complexity index is 3150. The molecule has 0 spiro atoms. The van der Waals surface area contributed by atoms with Crippen LogP contribution in [0.15, 0.2) is 218 Å². The zero-order valence-corrected chi connectivity index (χ0v) is 33.2. The average Bonchev–Trinajstić information content (AvgIpc) is 3.76. The molecule has 1 aromatic heterocycles. The fraction of sp³-hybridized carbons (Fsp3) is 0.0526. The Hall–Kier alpha value is -7.42. The topological polar surface area (TPSA) is 8.17 Å². The van der Waals surface area contributed by atoms with E-state index in [1.54, 1.807) is 0 Å². The van der Waals surface area contributed by atoms with Gasteiger partial charge in [-0.15, -0.1) is 0 Å². The van der Waals surface area contributed by atoms with Gasteiger partial charge in [-0.25, -0.2) is 0 Å². The second-order valence-corrected chi connectivity index (χ2v) is 16.2. The van der Waals surface area contributed by atoms with Gasteiger partial charge in [0.2, 0.25) is 0 Å². The third-order valence-electron chi connectivity index (χ3n) is 12.4. The number of nitrogens with zero attached hydrogens (tertiary/aromatic N) is 2. The van der Waals surface area contributed by atoms with E-state index in [1.165, 1.54) is 83.1 Å². The van der Waals surface area contributed by atoms with Gasteiger partial charge in [0.15, 0.2) is 0 Å². The van der Waals surface area contributed by atoms with Gasteiger partial charge in [-0.1, -0.05) is 166 Å². The van der Waals surface area contributed by atoms with E-state index in [1.807, 2.05) is 0 Å². The predicted molar refractivity (Wildman–Crippen MR) is 249 cm³/mol. The standard InChI is InChI=1S/C57H42N2/c1-57(2)52-24-11-9-21-49(52)50-36-35-47(38-53(50)57)58(45-31-27-40(28-32-45)39-15-5-3-6-16-39)46-33-29-41(30-34-46)42-17-13-18-43(37-42)48-23-14-26-55-56(48)51-22-10-12-25-54(51)59(55)44-19-7-4-8-20-44/h3-38H,1-2H3. The number of hydrogen-bond acceptors (Lipinski definition) is 1. The van der Waals surface area contributed by atoms with Crippen molar-refractivity contribution >= 4 is 38.9 Å². The molecule has 0 radical (unpaired) electrons. The summed E-state index contributed by atoms with van der Waals surface area (Å²) in [5.74, 6) is 0. The Morgan fingerprint density at radius 3 is 1.64 bits per heavy atom. The first-order valence-corrected chi connectivity index (χ1v) is 20.5. The van der Waals surface area contributed by atoms with Crippen LogP contribution in [0, 0.1) is 0 Å². The highest BCUT2D eigenvalue weighted by Gasteiger charge is 2.35. The largest absolute Gasteiger partial charge is 0.310 e. The van der Waals surface area contributed by atoms with E-state index >= 15 is 0 Å². The highest BCUT2D eigenvalue weighted by atomic mass is 15.1. The Morgan fingerprint density at radius 1 is 0.356 bits per heavy atom. The first-order valence-electron chi connectivity index (χ1n) is 20.5. The van der Waals surface area contributed by atoms with Crippen LogP contribution < -0.4 is 4.90 Å². The highest BCUT2D eigenvalue weighted by molar-refractivity contribution is 6.15. The molecule has 2 heteroatoms. The number of para-hydroxylation sites is 2. The lowest BCUT2D eigenvalue weighted by molar-refractivity contribution is 0.660.